The zero-order chi connectivity index (χ0) is 11.5. The molecule has 0 aromatic heterocycles. The molecule has 0 unspecified atom stereocenters. The third-order valence-corrected chi connectivity index (χ3v) is 3.31. The minimum atomic E-state index is -3.11. The largest absolute Gasteiger partial charge is 0.385 e. The SMILES string of the molecule is CCCNc1cc(S(C)(=O)=O)ccc1C. The minimum absolute atomic E-state index is 0.367. The predicted molar refractivity (Wildman–Crippen MR) is 63.1 cm³/mol. The summed E-state index contributed by atoms with van der Waals surface area (Å²) in [5.41, 5.74) is 1.97. The van der Waals surface area contributed by atoms with Gasteiger partial charge in [0, 0.05) is 18.5 Å². The standard InChI is InChI=1S/C11H17NO2S/c1-4-7-12-11-8-10(15(3,13)14)6-5-9(11)2/h5-6,8,12H,4,7H2,1-3H3. The zero-order valence-corrected chi connectivity index (χ0v) is 10.2. The molecule has 0 spiro atoms. The molecule has 3 nitrogen and oxygen atoms in total. The van der Waals surface area contributed by atoms with E-state index in [0.717, 1.165) is 24.2 Å². The summed E-state index contributed by atoms with van der Waals surface area (Å²) in [4.78, 5) is 0.367. The van der Waals surface area contributed by atoms with Gasteiger partial charge < -0.3 is 5.32 Å². The topological polar surface area (TPSA) is 46.2 Å². The molecule has 0 saturated heterocycles. The van der Waals surface area contributed by atoms with Crippen LogP contribution in [-0.4, -0.2) is 21.2 Å². The number of aryl methyl sites for hydroxylation is 1. The van der Waals surface area contributed by atoms with Crippen LogP contribution < -0.4 is 5.32 Å². The lowest BCUT2D eigenvalue weighted by molar-refractivity contribution is 0.602. The van der Waals surface area contributed by atoms with Gasteiger partial charge in [-0.2, -0.15) is 0 Å². The van der Waals surface area contributed by atoms with Crippen molar-refractivity contribution in [3.8, 4) is 0 Å². The van der Waals surface area contributed by atoms with Gasteiger partial charge in [-0.05, 0) is 31.0 Å². The molecule has 1 aromatic carbocycles. The number of anilines is 1. The molecule has 0 atom stereocenters. The maximum atomic E-state index is 11.3. The second-order valence-corrected chi connectivity index (χ2v) is 5.69. The Labute approximate surface area is 91.4 Å². The Morgan fingerprint density at radius 2 is 2.00 bits per heavy atom. The number of hydrogen-bond acceptors (Lipinski definition) is 3. The Balaban J connectivity index is 3.06. The zero-order valence-electron chi connectivity index (χ0n) is 9.37. The van der Waals surface area contributed by atoms with E-state index in [1.807, 2.05) is 13.0 Å². The molecule has 0 amide bonds. The van der Waals surface area contributed by atoms with Gasteiger partial charge in [0.15, 0.2) is 9.84 Å². The van der Waals surface area contributed by atoms with Gasteiger partial charge in [-0.3, -0.25) is 0 Å². The Hall–Kier alpha value is -1.03. The summed E-state index contributed by atoms with van der Waals surface area (Å²) in [5, 5.41) is 3.21. The van der Waals surface area contributed by atoms with Crippen molar-refractivity contribution in [1.82, 2.24) is 0 Å². The Bertz CT molecular complexity index is 438. The molecule has 1 N–H and O–H groups in total. The number of rotatable bonds is 4. The molecule has 0 heterocycles. The van der Waals surface area contributed by atoms with Crippen molar-refractivity contribution in [3.05, 3.63) is 23.8 Å². The molecule has 0 aliphatic carbocycles. The second kappa shape index (κ2) is 4.66. The quantitative estimate of drug-likeness (QED) is 0.858. The van der Waals surface area contributed by atoms with E-state index in [4.69, 9.17) is 0 Å². The number of benzene rings is 1. The maximum Gasteiger partial charge on any atom is 0.175 e. The average molecular weight is 227 g/mol. The van der Waals surface area contributed by atoms with E-state index in [1.54, 1.807) is 12.1 Å². The smallest absolute Gasteiger partial charge is 0.175 e. The van der Waals surface area contributed by atoms with E-state index < -0.39 is 9.84 Å². The van der Waals surface area contributed by atoms with E-state index >= 15 is 0 Å². The maximum absolute atomic E-state index is 11.3. The second-order valence-electron chi connectivity index (χ2n) is 3.68. The molecule has 0 saturated carbocycles. The highest BCUT2D eigenvalue weighted by Crippen LogP contribution is 2.19. The van der Waals surface area contributed by atoms with Crippen molar-refractivity contribution in [2.45, 2.75) is 25.2 Å². The van der Waals surface area contributed by atoms with Crippen molar-refractivity contribution >= 4 is 15.5 Å². The van der Waals surface area contributed by atoms with Crippen LogP contribution in [0.3, 0.4) is 0 Å². The number of sulfone groups is 1. The van der Waals surface area contributed by atoms with Crippen LogP contribution in [0.15, 0.2) is 23.1 Å². The molecule has 0 bridgehead atoms. The normalized spacial score (nSPS) is 11.4. The molecule has 0 radical (unpaired) electrons. The summed E-state index contributed by atoms with van der Waals surface area (Å²) in [6.45, 7) is 4.89. The molecule has 0 aliphatic rings. The first-order chi connectivity index (χ1) is 6.95. The monoisotopic (exact) mass is 227 g/mol. The predicted octanol–water partition coefficient (Wildman–Crippen LogP) is 2.22. The first kappa shape index (κ1) is 12.0. The van der Waals surface area contributed by atoms with Gasteiger partial charge in [0.1, 0.15) is 0 Å². The van der Waals surface area contributed by atoms with Crippen LogP contribution in [0, 0.1) is 6.92 Å². The Morgan fingerprint density at radius 3 is 2.53 bits per heavy atom. The molecular formula is C11H17NO2S. The van der Waals surface area contributed by atoms with Gasteiger partial charge in [0.25, 0.3) is 0 Å². The third kappa shape index (κ3) is 3.23. The first-order valence-corrected chi connectivity index (χ1v) is 6.89. The summed E-state index contributed by atoms with van der Waals surface area (Å²) >= 11 is 0. The Morgan fingerprint density at radius 1 is 1.33 bits per heavy atom. The van der Waals surface area contributed by atoms with Crippen molar-refractivity contribution in [2.75, 3.05) is 18.1 Å². The lowest BCUT2D eigenvalue weighted by atomic mass is 10.2. The fraction of sp³-hybridized carbons (Fsp3) is 0.455. The van der Waals surface area contributed by atoms with E-state index in [9.17, 15) is 8.42 Å². The van der Waals surface area contributed by atoms with E-state index in [-0.39, 0.29) is 0 Å². The number of nitrogens with one attached hydrogen (secondary N) is 1. The van der Waals surface area contributed by atoms with Crippen LogP contribution in [0.25, 0.3) is 0 Å². The van der Waals surface area contributed by atoms with Gasteiger partial charge in [-0.1, -0.05) is 13.0 Å². The molecule has 84 valence electrons. The summed E-state index contributed by atoms with van der Waals surface area (Å²) in [6.07, 6.45) is 2.24. The van der Waals surface area contributed by atoms with Crippen molar-refractivity contribution < 1.29 is 8.42 Å². The van der Waals surface area contributed by atoms with E-state index in [0.29, 0.717) is 4.90 Å². The molecule has 0 fully saturated rings. The van der Waals surface area contributed by atoms with Crippen molar-refractivity contribution in [3.63, 3.8) is 0 Å². The first-order valence-electron chi connectivity index (χ1n) is 4.99. The lowest BCUT2D eigenvalue weighted by Crippen LogP contribution is -2.04. The third-order valence-electron chi connectivity index (χ3n) is 2.20. The van der Waals surface area contributed by atoms with Gasteiger partial charge in [0.05, 0.1) is 4.90 Å². The number of hydrogen-bond donors (Lipinski definition) is 1. The molecule has 1 rings (SSSR count). The molecule has 15 heavy (non-hydrogen) atoms. The van der Waals surface area contributed by atoms with Crippen LogP contribution in [-0.2, 0) is 9.84 Å². The average Bonchev–Trinajstić information content (AvgIpc) is 2.15. The highest BCUT2D eigenvalue weighted by molar-refractivity contribution is 7.90. The minimum Gasteiger partial charge on any atom is -0.385 e. The van der Waals surface area contributed by atoms with Crippen LogP contribution in [0.5, 0.6) is 0 Å². The highest BCUT2D eigenvalue weighted by atomic mass is 32.2. The highest BCUT2D eigenvalue weighted by Gasteiger charge is 2.08. The lowest BCUT2D eigenvalue weighted by Gasteiger charge is -2.09. The fourth-order valence-electron chi connectivity index (χ4n) is 1.28. The Kier molecular flexibility index (Phi) is 3.74. The summed E-state index contributed by atoms with van der Waals surface area (Å²) in [6, 6.07) is 5.16. The van der Waals surface area contributed by atoms with Gasteiger partial charge in [0.2, 0.25) is 0 Å². The van der Waals surface area contributed by atoms with Crippen LogP contribution in [0.4, 0.5) is 5.69 Å². The summed E-state index contributed by atoms with van der Waals surface area (Å²) in [7, 11) is -3.11. The molecular weight excluding hydrogens is 210 g/mol. The van der Waals surface area contributed by atoms with Crippen molar-refractivity contribution in [1.29, 1.82) is 0 Å². The van der Waals surface area contributed by atoms with Crippen molar-refractivity contribution in [2.24, 2.45) is 0 Å². The molecule has 1 aromatic rings. The fourth-order valence-corrected chi connectivity index (χ4v) is 1.93. The van der Waals surface area contributed by atoms with Gasteiger partial charge >= 0.3 is 0 Å². The molecule has 4 heteroatoms. The summed E-state index contributed by atoms with van der Waals surface area (Å²) in [5.74, 6) is 0. The van der Waals surface area contributed by atoms with Crippen LogP contribution >= 0.6 is 0 Å². The summed E-state index contributed by atoms with van der Waals surface area (Å²) < 4.78 is 22.7. The van der Waals surface area contributed by atoms with E-state index in [1.165, 1.54) is 6.26 Å². The van der Waals surface area contributed by atoms with Crippen LogP contribution in [0.1, 0.15) is 18.9 Å². The molecule has 0 aliphatic heterocycles. The van der Waals surface area contributed by atoms with Gasteiger partial charge in [-0.25, -0.2) is 8.42 Å². The van der Waals surface area contributed by atoms with Gasteiger partial charge in [-0.15, -0.1) is 0 Å². The van der Waals surface area contributed by atoms with E-state index in [2.05, 4.69) is 12.2 Å². The van der Waals surface area contributed by atoms with Crippen LogP contribution in [0.2, 0.25) is 0 Å².